The Morgan fingerprint density at radius 3 is 2.45 bits per heavy atom. The van der Waals surface area contributed by atoms with Gasteiger partial charge in [0.05, 0.1) is 0 Å². The van der Waals surface area contributed by atoms with Crippen molar-refractivity contribution in [3.63, 3.8) is 0 Å². The molecule has 5 nitrogen and oxygen atoms in total. The molecule has 0 saturated heterocycles. The molecule has 2 rings (SSSR count). The normalized spacial score (nSPS) is 11.6. The lowest BCUT2D eigenvalue weighted by atomic mass is 9.98. The number of rotatable bonds is 5. The molecular formula is C17H21NO4. The van der Waals surface area contributed by atoms with E-state index >= 15 is 0 Å². The van der Waals surface area contributed by atoms with E-state index in [0.717, 1.165) is 16.5 Å². The molecule has 0 unspecified atom stereocenters. The maximum absolute atomic E-state index is 12.3. The van der Waals surface area contributed by atoms with Gasteiger partial charge >= 0.3 is 5.97 Å². The van der Waals surface area contributed by atoms with Crippen LogP contribution in [0.5, 0.6) is 0 Å². The summed E-state index contributed by atoms with van der Waals surface area (Å²) in [7, 11) is 0. The Balaban J connectivity index is 2.17. The number of aliphatic carboxylic acids is 1. The van der Waals surface area contributed by atoms with Gasteiger partial charge in [-0.05, 0) is 63.4 Å². The number of carboxylic acid groups (broad SMARTS) is 1. The Labute approximate surface area is 129 Å². The van der Waals surface area contributed by atoms with Gasteiger partial charge in [-0.25, -0.2) is 0 Å². The highest BCUT2D eigenvalue weighted by Crippen LogP contribution is 2.24. The second kappa shape index (κ2) is 5.83. The van der Waals surface area contributed by atoms with Crippen molar-refractivity contribution >= 4 is 22.8 Å². The molecule has 1 aromatic carbocycles. The standard InChI is InChI=1S/C17H21NO4/c1-10-7-12-9-14(22-13(12)8-11(10)2)16(21)18-17(3,4)6-5-15(19)20/h7-9H,5-6H2,1-4H3,(H,18,21)(H,19,20). The van der Waals surface area contributed by atoms with Gasteiger partial charge in [0.2, 0.25) is 0 Å². The number of amides is 1. The predicted octanol–water partition coefficient (Wildman–Crippen LogP) is 3.42. The highest BCUT2D eigenvalue weighted by Gasteiger charge is 2.24. The van der Waals surface area contributed by atoms with E-state index in [1.54, 1.807) is 19.9 Å². The first-order chi connectivity index (χ1) is 10.2. The van der Waals surface area contributed by atoms with Gasteiger partial charge in [-0.1, -0.05) is 0 Å². The van der Waals surface area contributed by atoms with Crippen molar-refractivity contribution in [2.24, 2.45) is 0 Å². The highest BCUT2D eigenvalue weighted by atomic mass is 16.4. The van der Waals surface area contributed by atoms with Gasteiger partial charge in [0.15, 0.2) is 5.76 Å². The molecule has 0 fully saturated rings. The summed E-state index contributed by atoms with van der Waals surface area (Å²) in [5, 5.41) is 12.5. The third kappa shape index (κ3) is 3.67. The summed E-state index contributed by atoms with van der Waals surface area (Å²) in [4.78, 5) is 22.9. The van der Waals surface area contributed by atoms with E-state index in [0.29, 0.717) is 12.0 Å². The van der Waals surface area contributed by atoms with Crippen LogP contribution in [0.4, 0.5) is 0 Å². The van der Waals surface area contributed by atoms with E-state index in [1.807, 2.05) is 26.0 Å². The number of carboxylic acids is 1. The fourth-order valence-corrected chi connectivity index (χ4v) is 2.27. The molecule has 1 amide bonds. The second-order valence-corrected chi connectivity index (χ2v) is 6.32. The maximum atomic E-state index is 12.3. The van der Waals surface area contributed by atoms with E-state index in [2.05, 4.69) is 5.32 Å². The van der Waals surface area contributed by atoms with Crippen LogP contribution in [0.15, 0.2) is 22.6 Å². The molecule has 2 N–H and O–H groups in total. The quantitative estimate of drug-likeness (QED) is 0.887. The minimum Gasteiger partial charge on any atom is -0.481 e. The van der Waals surface area contributed by atoms with Crippen LogP contribution in [-0.2, 0) is 4.79 Å². The minimum absolute atomic E-state index is 0.00575. The fraction of sp³-hybridized carbons (Fsp3) is 0.412. The molecule has 2 aromatic rings. The Morgan fingerprint density at radius 2 is 1.82 bits per heavy atom. The molecule has 0 bridgehead atoms. The van der Waals surface area contributed by atoms with Crippen molar-refractivity contribution < 1.29 is 19.1 Å². The van der Waals surface area contributed by atoms with Crippen molar-refractivity contribution in [3.8, 4) is 0 Å². The number of nitrogens with one attached hydrogen (secondary N) is 1. The number of fused-ring (bicyclic) bond motifs is 1. The lowest BCUT2D eigenvalue weighted by Gasteiger charge is -2.24. The van der Waals surface area contributed by atoms with Crippen LogP contribution in [0.3, 0.4) is 0 Å². The van der Waals surface area contributed by atoms with Gasteiger partial charge in [-0.15, -0.1) is 0 Å². The SMILES string of the molecule is Cc1cc2cc(C(=O)NC(C)(C)CCC(=O)O)oc2cc1C. The molecule has 5 heteroatoms. The van der Waals surface area contributed by atoms with Crippen molar-refractivity contribution in [2.75, 3.05) is 0 Å². The fourth-order valence-electron chi connectivity index (χ4n) is 2.27. The van der Waals surface area contributed by atoms with E-state index in [9.17, 15) is 9.59 Å². The molecule has 1 heterocycles. The van der Waals surface area contributed by atoms with Gasteiger partial charge in [0.25, 0.3) is 5.91 Å². The van der Waals surface area contributed by atoms with Crippen LogP contribution >= 0.6 is 0 Å². The lowest BCUT2D eigenvalue weighted by molar-refractivity contribution is -0.137. The van der Waals surface area contributed by atoms with Crippen molar-refractivity contribution in [1.82, 2.24) is 5.32 Å². The molecule has 118 valence electrons. The first-order valence-electron chi connectivity index (χ1n) is 7.23. The number of carbonyl (C=O) groups is 2. The molecule has 1 aromatic heterocycles. The second-order valence-electron chi connectivity index (χ2n) is 6.32. The van der Waals surface area contributed by atoms with Crippen molar-refractivity contribution in [1.29, 1.82) is 0 Å². The summed E-state index contributed by atoms with van der Waals surface area (Å²) in [6, 6.07) is 5.61. The number of carbonyl (C=O) groups excluding carboxylic acids is 1. The summed E-state index contributed by atoms with van der Waals surface area (Å²) in [6.07, 6.45) is 0.359. The third-order valence-corrected chi connectivity index (χ3v) is 3.77. The van der Waals surface area contributed by atoms with E-state index < -0.39 is 11.5 Å². The third-order valence-electron chi connectivity index (χ3n) is 3.77. The van der Waals surface area contributed by atoms with Gasteiger partial charge < -0.3 is 14.8 Å². The largest absolute Gasteiger partial charge is 0.481 e. The lowest BCUT2D eigenvalue weighted by Crippen LogP contribution is -2.43. The van der Waals surface area contributed by atoms with Crippen LogP contribution in [0.2, 0.25) is 0 Å². The number of furan rings is 1. The first-order valence-corrected chi connectivity index (χ1v) is 7.23. The smallest absolute Gasteiger partial charge is 0.303 e. The number of hydrogen-bond acceptors (Lipinski definition) is 3. The molecule has 0 spiro atoms. The Morgan fingerprint density at radius 1 is 1.18 bits per heavy atom. The average molecular weight is 303 g/mol. The van der Waals surface area contributed by atoms with E-state index in [4.69, 9.17) is 9.52 Å². The molecule has 0 aliphatic rings. The van der Waals surface area contributed by atoms with Crippen molar-refractivity contribution in [3.05, 3.63) is 35.1 Å². The highest BCUT2D eigenvalue weighted by molar-refractivity contribution is 5.96. The number of aryl methyl sites for hydroxylation is 2. The first kappa shape index (κ1) is 16.1. The summed E-state index contributed by atoms with van der Waals surface area (Å²) < 4.78 is 5.61. The van der Waals surface area contributed by atoms with Gasteiger partial charge in [0, 0.05) is 17.3 Å². The van der Waals surface area contributed by atoms with Crippen molar-refractivity contribution in [2.45, 2.75) is 46.1 Å². The van der Waals surface area contributed by atoms with Crippen LogP contribution in [0.25, 0.3) is 11.0 Å². The molecule has 0 aliphatic heterocycles. The maximum Gasteiger partial charge on any atom is 0.303 e. The number of hydrogen-bond donors (Lipinski definition) is 2. The summed E-state index contributed by atoms with van der Waals surface area (Å²) in [5.74, 6) is -0.970. The molecule has 0 atom stereocenters. The Hall–Kier alpha value is -2.30. The number of benzene rings is 1. The topological polar surface area (TPSA) is 79.5 Å². The van der Waals surface area contributed by atoms with Crippen LogP contribution in [0, 0.1) is 13.8 Å². The van der Waals surface area contributed by atoms with Crippen LogP contribution < -0.4 is 5.32 Å². The van der Waals surface area contributed by atoms with E-state index in [1.165, 1.54) is 0 Å². The molecule has 22 heavy (non-hydrogen) atoms. The monoisotopic (exact) mass is 303 g/mol. The molecule has 0 aliphatic carbocycles. The van der Waals surface area contributed by atoms with Gasteiger partial charge in [-0.2, -0.15) is 0 Å². The zero-order chi connectivity index (χ0) is 16.5. The Bertz CT molecular complexity index is 689. The molecular weight excluding hydrogens is 282 g/mol. The average Bonchev–Trinajstić information content (AvgIpc) is 2.80. The molecule has 0 saturated carbocycles. The van der Waals surface area contributed by atoms with Gasteiger partial charge in [-0.3, -0.25) is 9.59 Å². The minimum atomic E-state index is -0.878. The van der Waals surface area contributed by atoms with Crippen LogP contribution in [0.1, 0.15) is 48.4 Å². The summed E-state index contributed by atoms with van der Waals surface area (Å²) in [5.41, 5.74) is 2.31. The van der Waals surface area contributed by atoms with Crippen LogP contribution in [-0.4, -0.2) is 22.5 Å². The zero-order valence-corrected chi connectivity index (χ0v) is 13.3. The zero-order valence-electron chi connectivity index (χ0n) is 13.3. The summed E-state index contributed by atoms with van der Waals surface area (Å²) >= 11 is 0. The van der Waals surface area contributed by atoms with Gasteiger partial charge in [0.1, 0.15) is 5.58 Å². The predicted molar refractivity (Wildman–Crippen MR) is 84.1 cm³/mol. The van der Waals surface area contributed by atoms with E-state index in [-0.39, 0.29) is 18.1 Å². The molecule has 0 radical (unpaired) electrons. The Kier molecular flexibility index (Phi) is 4.26. The summed E-state index contributed by atoms with van der Waals surface area (Å²) in [6.45, 7) is 7.60.